The fraction of sp³-hybridized carbons (Fsp3) is 0.111. The molecular formula is C18H15N3O4. The van der Waals surface area contributed by atoms with Gasteiger partial charge in [0, 0.05) is 17.0 Å². The van der Waals surface area contributed by atoms with Crippen molar-refractivity contribution in [3.05, 3.63) is 60.3 Å². The quantitative estimate of drug-likeness (QED) is 0.547. The van der Waals surface area contributed by atoms with Gasteiger partial charge < -0.3 is 20.1 Å². The molecule has 1 aromatic heterocycles. The van der Waals surface area contributed by atoms with Crippen molar-refractivity contribution in [2.24, 2.45) is 0 Å². The molecule has 1 saturated heterocycles. The van der Waals surface area contributed by atoms with Crippen LogP contribution in [0.5, 0.6) is 11.6 Å². The van der Waals surface area contributed by atoms with E-state index in [9.17, 15) is 19.8 Å². The molecule has 2 heterocycles. The van der Waals surface area contributed by atoms with E-state index in [2.05, 4.69) is 10.6 Å². The summed E-state index contributed by atoms with van der Waals surface area (Å²) in [5.41, 5.74) is -0.717. The highest BCUT2D eigenvalue weighted by molar-refractivity contribution is 6.07. The van der Waals surface area contributed by atoms with E-state index in [-0.39, 0.29) is 18.2 Å². The zero-order valence-electron chi connectivity index (χ0n) is 13.1. The highest BCUT2D eigenvalue weighted by Crippen LogP contribution is 2.34. The number of amides is 3. The normalized spacial score (nSPS) is 19.8. The third kappa shape index (κ3) is 2.28. The number of benzene rings is 2. The zero-order chi connectivity index (χ0) is 17.6. The van der Waals surface area contributed by atoms with Crippen LogP contribution >= 0.6 is 0 Å². The van der Waals surface area contributed by atoms with Crippen LogP contribution < -0.4 is 10.6 Å². The van der Waals surface area contributed by atoms with Crippen molar-refractivity contribution in [3.8, 4) is 11.6 Å². The molecule has 2 aromatic carbocycles. The molecule has 0 unspecified atom stereocenters. The van der Waals surface area contributed by atoms with Gasteiger partial charge >= 0.3 is 6.03 Å². The standard InChI is InChI=1S/C18H15N3O4/c22-13-6-7-14-11(8-13)9-21(15(14)23)10-18(12-4-2-1-3-5-12)16(24)19-17(25)20-18/h1-9,22-23H,10H2,(H2,19,20,24,25)/t18-/m0/s1. The number of hydrogen-bond acceptors (Lipinski definition) is 4. The van der Waals surface area contributed by atoms with E-state index in [4.69, 9.17) is 0 Å². The summed E-state index contributed by atoms with van der Waals surface area (Å²) in [6.07, 6.45) is 1.63. The molecule has 25 heavy (non-hydrogen) atoms. The fourth-order valence-electron chi connectivity index (χ4n) is 3.24. The van der Waals surface area contributed by atoms with Gasteiger partial charge in [-0.3, -0.25) is 10.1 Å². The first-order valence-electron chi connectivity index (χ1n) is 7.69. The predicted molar refractivity (Wildman–Crippen MR) is 90.1 cm³/mol. The molecule has 0 bridgehead atoms. The van der Waals surface area contributed by atoms with E-state index in [1.807, 2.05) is 6.07 Å². The van der Waals surface area contributed by atoms with Crippen LogP contribution in [0, 0.1) is 0 Å². The maximum atomic E-state index is 12.6. The van der Waals surface area contributed by atoms with Crippen molar-refractivity contribution in [1.29, 1.82) is 0 Å². The summed E-state index contributed by atoms with van der Waals surface area (Å²) in [6.45, 7) is 0.00978. The van der Waals surface area contributed by atoms with Crippen molar-refractivity contribution in [2.45, 2.75) is 12.1 Å². The van der Waals surface area contributed by atoms with Crippen LogP contribution in [-0.2, 0) is 16.9 Å². The summed E-state index contributed by atoms with van der Waals surface area (Å²) in [5, 5.41) is 26.2. The Labute approximate surface area is 142 Å². The van der Waals surface area contributed by atoms with Gasteiger partial charge in [-0.2, -0.15) is 0 Å². The van der Waals surface area contributed by atoms with Gasteiger partial charge in [0.15, 0.2) is 11.4 Å². The van der Waals surface area contributed by atoms with Crippen LogP contribution in [0.4, 0.5) is 4.79 Å². The maximum Gasteiger partial charge on any atom is 0.322 e. The Morgan fingerprint density at radius 3 is 2.48 bits per heavy atom. The molecule has 0 radical (unpaired) electrons. The number of hydrogen-bond donors (Lipinski definition) is 4. The molecule has 1 fully saturated rings. The fourth-order valence-corrected chi connectivity index (χ4v) is 3.24. The van der Waals surface area contributed by atoms with Gasteiger partial charge in [0.2, 0.25) is 0 Å². The summed E-state index contributed by atoms with van der Waals surface area (Å²) in [4.78, 5) is 24.3. The molecule has 1 atom stereocenters. The molecule has 0 aliphatic carbocycles. The van der Waals surface area contributed by atoms with Gasteiger partial charge in [-0.25, -0.2) is 4.79 Å². The van der Waals surface area contributed by atoms with Gasteiger partial charge in [-0.05, 0) is 23.8 Å². The minimum atomic E-state index is -1.33. The maximum absolute atomic E-state index is 12.6. The average molecular weight is 337 g/mol. The van der Waals surface area contributed by atoms with Crippen LogP contribution in [-0.4, -0.2) is 26.7 Å². The second kappa shape index (κ2) is 5.27. The molecule has 3 amide bonds. The lowest BCUT2D eigenvalue weighted by Crippen LogP contribution is -2.47. The number of aromatic hydroxyl groups is 2. The third-order valence-corrected chi connectivity index (χ3v) is 4.46. The number of nitrogens with one attached hydrogen (secondary N) is 2. The zero-order valence-corrected chi connectivity index (χ0v) is 13.1. The molecule has 7 nitrogen and oxygen atoms in total. The Hall–Kier alpha value is -3.48. The Morgan fingerprint density at radius 1 is 1.04 bits per heavy atom. The number of rotatable bonds is 3. The lowest BCUT2D eigenvalue weighted by molar-refractivity contribution is -0.124. The second-order valence-corrected chi connectivity index (χ2v) is 6.03. The number of nitrogens with zero attached hydrogens (tertiary/aromatic N) is 1. The number of urea groups is 1. The minimum Gasteiger partial charge on any atom is -0.508 e. The van der Waals surface area contributed by atoms with Gasteiger partial charge in [-0.1, -0.05) is 30.3 Å². The summed E-state index contributed by atoms with van der Waals surface area (Å²) in [7, 11) is 0. The van der Waals surface area contributed by atoms with Crippen LogP contribution in [0.25, 0.3) is 10.8 Å². The number of phenols is 1. The van der Waals surface area contributed by atoms with E-state index < -0.39 is 17.5 Å². The monoisotopic (exact) mass is 337 g/mol. The van der Waals surface area contributed by atoms with Gasteiger partial charge in [0.05, 0.1) is 6.54 Å². The Balaban J connectivity index is 1.84. The summed E-state index contributed by atoms with van der Waals surface area (Å²) >= 11 is 0. The summed E-state index contributed by atoms with van der Waals surface area (Å²) < 4.78 is 1.49. The molecule has 4 N–H and O–H groups in total. The lowest BCUT2D eigenvalue weighted by atomic mass is 9.90. The Morgan fingerprint density at radius 2 is 1.80 bits per heavy atom. The predicted octanol–water partition coefficient (Wildman–Crippen LogP) is 1.79. The van der Waals surface area contributed by atoms with E-state index >= 15 is 0 Å². The van der Waals surface area contributed by atoms with E-state index in [0.717, 1.165) is 0 Å². The largest absolute Gasteiger partial charge is 0.508 e. The highest BCUT2D eigenvalue weighted by atomic mass is 16.3. The first-order chi connectivity index (χ1) is 12.0. The molecule has 126 valence electrons. The number of aromatic nitrogens is 1. The SMILES string of the molecule is O=C1NC(=O)[C@](Cn2cc3cc(O)ccc3c2O)(c2ccccc2)N1. The molecule has 1 aliphatic heterocycles. The van der Waals surface area contributed by atoms with Crippen LogP contribution in [0.2, 0.25) is 0 Å². The Kier molecular flexibility index (Phi) is 3.18. The molecular weight excluding hydrogens is 322 g/mol. The van der Waals surface area contributed by atoms with Crippen LogP contribution in [0.3, 0.4) is 0 Å². The van der Waals surface area contributed by atoms with Crippen molar-refractivity contribution in [1.82, 2.24) is 15.2 Å². The van der Waals surface area contributed by atoms with E-state index in [1.165, 1.54) is 16.7 Å². The third-order valence-electron chi connectivity index (χ3n) is 4.46. The average Bonchev–Trinajstić information content (AvgIpc) is 3.05. The molecule has 0 spiro atoms. The number of imide groups is 1. The lowest BCUT2D eigenvalue weighted by Gasteiger charge is -2.27. The number of carbonyl (C=O) groups excluding carboxylic acids is 2. The highest BCUT2D eigenvalue weighted by Gasteiger charge is 2.48. The minimum absolute atomic E-state index is 0.00978. The Bertz CT molecular complexity index is 996. The number of phenolic OH excluding ortho intramolecular Hbond substituents is 1. The topological polar surface area (TPSA) is 104 Å². The summed E-state index contributed by atoms with van der Waals surface area (Å²) in [5.74, 6) is -0.447. The molecule has 4 rings (SSSR count). The second-order valence-electron chi connectivity index (χ2n) is 6.03. The van der Waals surface area contributed by atoms with Gasteiger partial charge in [-0.15, -0.1) is 0 Å². The van der Waals surface area contributed by atoms with Gasteiger partial charge in [0.25, 0.3) is 5.91 Å². The molecule has 7 heteroatoms. The first kappa shape index (κ1) is 15.1. The number of carbonyl (C=O) groups is 2. The van der Waals surface area contributed by atoms with E-state index in [1.54, 1.807) is 36.5 Å². The molecule has 1 aliphatic rings. The van der Waals surface area contributed by atoms with Gasteiger partial charge in [0.1, 0.15) is 5.75 Å². The van der Waals surface area contributed by atoms with Crippen molar-refractivity contribution in [2.75, 3.05) is 0 Å². The smallest absolute Gasteiger partial charge is 0.322 e. The van der Waals surface area contributed by atoms with Crippen molar-refractivity contribution < 1.29 is 19.8 Å². The first-order valence-corrected chi connectivity index (χ1v) is 7.69. The van der Waals surface area contributed by atoms with Crippen LogP contribution in [0.15, 0.2) is 54.7 Å². The van der Waals surface area contributed by atoms with Crippen LogP contribution in [0.1, 0.15) is 5.56 Å². The molecule has 0 saturated carbocycles. The van der Waals surface area contributed by atoms with Crippen molar-refractivity contribution >= 4 is 22.7 Å². The molecule has 3 aromatic rings. The van der Waals surface area contributed by atoms with E-state index in [0.29, 0.717) is 16.3 Å². The van der Waals surface area contributed by atoms with Crippen molar-refractivity contribution in [3.63, 3.8) is 0 Å². The summed E-state index contributed by atoms with van der Waals surface area (Å²) in [6, 6.07) is 12.9. The number of fused-ring (bicyclic) bond motifs is 1.